The monoisotopic (exact) mass is 194 g/mol. The first-order chi connectivity index (χ1) is 6.77. The molecule has 0 bridgehead atoms. The highest BCUT2D eigenvalue weighted by Crippen LogP contribution is 2.46. The predicted molar refractivity (Wildman–Crippen MR) is 62.2 cm³/mol. The van der Waals surface area contributed by atoms with Gasteiger partial charge in [0.2, 0.25) is 0 Å². The van der Waals surface area contributed by atoms with Gasteiger partial charge in [0.15, 0.2) is 0 Å². The van der Waals surface area contributed by atoms with Gasteiger partial charge in [-0.05, 0) is 30.1 Å². The van der Waals surface area contributed by atoms with Crippen molar-refractivity contribution in [2.45, 2.75) is 65.2 Å². The molecule has 14 heavy (non-hydrogen) atoms. The van der Waals surface area contributed by atoms with Crippen molar-refractivity contribution in [3.8, 4) is 0 Å². The second kappa shape index (κ2) is 4.68. The lowest BCUT2D eigenvalue weighted by Crippen LogP contribution is -2.32. The van der Waals surface area contributed by atoms with E-state index in [0.717, 1.165) is 23.7 Å². The van der Waals surface area contributed by atoms with Gasteiger partial charge in [-0.2, -0.15) is 0 Å². The van der Waals surface area contributed by atoms with Crippen LogP contribution in [0.25, 0.3) is 0 Å². The molecule has 0 heteroatoms. The minimum absolute atomic E-state index is 0.914. The highest BCUT2D eigenvalue weighted by Gasteiger charge is 2.35. The molecule has 0 aromatic heterocycles. The van der Waals surface area contributed by atoms with Crippen LogP contribution in [0, 0.1) is 23.7 Å². The van der Waals surface area contributed by atoms with Gasteiger partial charge < -0.3 is 0 Å². The van der Waals surface area contributed by atoms with Crippen molar-refractivity contribution in [2.24, 2.45) is 23.7 Å². The zero-order chi connectivity index (χ0) is 9.97. The standard InChI is InChI=1S/C14H26/c1-11(2)9-10-14(12-5-3-6-12)13-7-4-8-13/h11-14H,3-10H2,1-2H3. The van der Waals surface area contributed by atoms with E-state index < -0.39 is 0 Å². The fraction of sp³-hybridized carbons (Fsp3) is 1.00. The molecule has 2 fully saturated rings. The van der Waals surface area contributed by atoms with E-state index in [4.69, 9.17) is 0 Å². The third-order valence-corrected chi connectivity index (χ3v) is 4.59. The number of hydrogen-bond acceptors (Lipinski definition) is 0. The van der Waals surface area contributed by atoms with Gasteiger partial charge >= 0.3 is 0 Å². The average Bonchev–Trinajstić information content (AvgIpc) is 1.92. The van der Waals surface area contributed by atoms with Gasteiger partial charge in [-0.1, -0.05) is 58.8 Å². The van der Waals surface area contributed by atoms with Crippen LogP contribution >= 0.6 is 0 Å². The Hall–Kier alpha value is 0. The Morgan fingerprint density at radius 3 is 1.64 bits per heavy atom. The normalized spacial score (nSPS) is 24.0. The van der Waals surface area contributed by atoms with Crippen molar-refractivity contribution in [1.82, 2.24) is 0 Å². The van der Waals surface area contributed by atoms with Gasteiger partial charge in [-0.25, -0.2) is 0 Å². The highest BCUT2D eigenvalue weighted by molar-refractivity contribution is 4.86. The topological polar surface area (TPSA) is 0 Å². The Kier molecular flexibility index (Phi) is 3.52. The van der Waals surface area contributed by atoms with Crippen LogP contribution in [0.4, 0.5) is 0 Å². The first-order valence-corrected chi connectivity index (χ1v) is 6.77. The molecule has 0 saturated heterocycles. The van der Waals surface area contributed by atoms with Crippen molar-refractivity contribution < 1.29 is 0 Å². The molecule has 2 aliphatic carbocycles. The van der Waals surface area contributed by atoms with Gasteiger partial charge in [0, 0.05) is 0 Å². The summed E-state index contributed by atoms with van der Waals surface area (Å²) in [6, 6.07) is 0. The molecule has 0 unspecified atom stereocenters. The van der Waals surface area contributed by atoms with Crippen molar-refractivity contribution in [3.05, 3.63) is 0 Å². The second-order valence-electron chi connectivity index (χ2n) is 6.02. The van der Waals surface area contributed by atoms with Crippen LogP contribution in [-0.4, -0.2) is 0 Å². The van der Waals surface area contributed by atoms with Crippen LogP contribution in [0.15, 0.2) is 0 Å². The third-order valence-electron chi connectivity index (χ3n) is 4.59. The SMILES string of the molecule is CC(C)CCC(C1CCC1)C1CCC1. The van der Waals surface area contributed by atoms with E-state index in [-0.39, 0.29) is 0 Å². The molecule has 82 valence electrons. The van der Waals surface area contributed by atoms with E-state index in [1.54, 1.807) is 25.7 Å². The van der Waals surface area contributed by atoms with Gasteiger partial charge in [0.05, 0.1) is 0 Å². The summed E-state index contributed by atoms with van der Waals surface area (Å²) < 4.78 is 0. The minimum Gasteiger partial charge on any atom is -0.0628 e. The van der Waals surface area contributed by atoms with Gasteiger partial charge in [-0.3, -0.25) is 0 Å². The van der Waals surface area contributed by atoms with Crippen LogP contribution in [0.2, 0.25) is 0 Å². The van der Waals surface area contributed by atoms with Gasteiger partial charge in [0.1, 0.15) is 0 Å². The van der Waals surface area contributed by atoms with Gasteiger partial charge in [0.25, 0.3) is 0 Å². The Morgan fingerprint density at radius 1 is 0.857 bits per heavy atom. The maximum Gasteiger partial charge on any atom is -0.0357 e. The van der Waals surface area contributed by atoms with Crippen molar-refractivity contribution in [2.75, 3.05) is 0 Å². The first-order valence-electron chi connectivity index (χ1n) is 6.77. The average molecular weight is 194 g/mol. The lowest BCUT2D eigenvalue weighted by molar-refractivity contribution is 0.0810. The molecular weight excluding hydrogens is 168 g/mol. The summed E-state index contributed by atoms with van der Waals surface area (Å²) in [5.74, 6) is 4.32. The van der Waals surface area contributed by atoms with E-state index in [2.05, 4.69) is 13.8 Å². The summed E-state index contributed by atoms with van der Waals surface area (Å²) in [4.78, 5) is 0. The van der Waals surface area contributed by atoms with Crippen LogP contribution in [-0.2, 0) is 0 Å². The third kappa shape index (κ3) is 2.32. The smallest absolute Gasteiger partial charge is 0.0357 e. The summed E-state index contributed by atoms with van der Waals surface area (Å²) in [5, 5.41) is 0. The molecule has 0 N–H and O–H groups in total. The van der Waals surface area contributed by atoms with Crippen LogP contribution in [0.3, 0.4) is 0 Å². The molecule has 0 aliphatic heterocycles. The lowest BCUT2D eigenvalue weighted by atomic mass is 9.63. The molecule has 0 radical (unpaired) electrons. The Morgan fingerprint density at radius 2 is 1.36 bits per heavy atom. The largest absolute Gasteiger partial charge is 0.0628 e. The fourth-order valence-electron chi connectivity index (χ4n) is 3.12. The van der Waals surface area contributed by atoms with Crippen molar-refractivity contribution in [3.63, 3.8) is 0 Å². The summed E-state index contributed by atoms with van der Waals surface area (Å²) in [5.41, 5.74) is 0. The molecule has 2 aliphatic rings. The quantitative estimate of drug-likeness (QED) is 0.598. The summed E-state index contributed by atoms with van der Waals surface area (Å²) in [6.07, 6.45) is 12.3. The molecule has 0 amide bonds. The zero-order valence-electron chi connectivity index (χ0n) is 9.97. The Bertz CT molecular complexity index is 149. The fourth-order valence-corrected chi connectivity index (χ4v) is 3.12. The Labute approximate surface area is 89.5 Å². The zero-order valence-corrected chi connectivity index (χ0v) is 9.97. The summed E-state index contributed by atoms with van der Waals surface area (Å²) in [6.45, 7) is 4.75. The molecule has 0 aromatic rings. The number of hydrogen-bond donors (Lipinski definition) is 0. The lowest BCUT2D eigenvalue weighted by Gasteiger charge is -2.43. The molecule has 0 heterocycles. The molecule has 0 spiro atoms. The van der Waals surface area contributed by atoms with Crippen LogP contribution in [0.5, 0.6) is 0 Å². The maximum atomic E-state index is 2.37. The van der Waals surface area contributed by atoms with E-state index in [0.29, 0.717) is 0 Å². The molecular formula is C14H26. The Balaban J connectivity index is 1.78. The maximum absolute atomic E-state index is 2.37. The van der Waals surface area contributed by atoms with Crippen molar-refractivity contribution >= 4 is 0 Å². The van der Waals surface area contributed by atoms with Crippen LogP contribution in [0.1, 0.15) is 65.2 Å². The molecule has 2 rings (SSSR count). The van der Waals surface area contributed by atoms with Gasteiger partial charge in [-0.15, -0.1) is 0 Å². The molecule has 0 atom stereocenters. The van der Waals surface area contributed by atoms with Crippen molar-refractivity contribution in [1.29, 1.82) is 0 Å². The van der Waals surface area contributed by atoms with E-state index >= 15 is 0 Å². The minimum atomic E-state index is 0.914. The first kappa shape index (κ1) is 10.5. The highest BCUT2D eigenvalue weighted by atomic mass is 14.4. The summed E-state index contributed by atoms with van der Waals surface area (Å²) >= 11 is 0. The summed E-state index contributed by atoms with van der Waals surface area (Å²) in [7, 11) is 0. The van der Waals surface area contributed by atoms with Crippen LogP contribution < -0.4 is 0 Å². The van der Waals surface area contributed by atoms with E-state index in [1.807, 2.05) is 0 Å². The number of rotatable bonds is 5. The van der Waals surface area contributed by atoms with E-state index in [1.165, 1.54) is 25.7 Å². The molecule has 0 nitrogen and oxygen atoms in total. The molecule has 0 aromatic carbocycles. The second-order valence-corrected chi connectivity index (χ2v) is 6.02. The molecule has 2 saturated carbocycles. The van der Waals surface area contributed by atoms with E-state index in [9.17, 15) is 0 Å². The predicted octanol–water partition coefficient (Wildman–Crippen LogP) is 4.64.